The molecule has 1 rings (SSSR count). The highest BCUT2D eigenvalue weighted by Gasteiger charge is 2.18. The Balaban J connectivity index is 3.15. The minimum absolute atomic E-state index is 0.128. The number of nitriles is 1. The molecule has 0 heterocycles. The fourth-order valence-electron chi connectivity index (χ4n) is 1.03. The Morgan fingerprint density at radius 1 is 1.62 bits per heavy atom. The molecule has 16 heavy (non-hydrogen) atoms. The van der Waals surface area contributed by atoms with Crippen molar-refractivity contribution in [3.05, 3.63) is 33.9 Å². The summed E-state index contributed by atoms with van der Waals surface area (Å²) in [6, 6.07) is 4.86. The second-order valence-corrected chi connectivity index (χ2v) is 2.69. The molecule has 1 aromatic rings. The number of ether oxygens (including phenoxy) is 1. The van der Waals surface area contributed by atoms with E-state index in [1.54, 1.807) is 6.07 Å². The van der Waals surface area contributed by atoms with E-state index >= 15 is 0 Å². The van der Waals surface area contributed by atoms with E-state index in [-0.39, 0.29) is 17.9 Å². The average Bonchev–Trinajstić information content (AvgIpc) is 2.25. The standard InChI is InChI=1S/C9H6N2O5/c10-3-4-16-8-2-1-6(9(12)13)5-7(8)11(14)15/h1-2,5H,4H2,(H,12,13). The zero-order valence-electron chi connectivity index (χ0n) is 7.91. The van der Waals surface area contributed by atoms with E-state index in [4.69, 9.17) is 15.1 Å². The number of nitro groups is 1. The van der Waals surface area contributed by atoms with Crippen LogP contribution >= 0.6 is 0 Å². The van der Waals surface area contributed by atoms with Crippen LogP contribution in [0.2, 0.25) is 0 Å². The smallest absolute Gasteiger partial charge is 0.335 e. The first-order valence-electron chi connectivity index (χ1n) is 4.07. The van der Waals surface area contributed by atoms with Gasteiger partial charge >= 0.3 is 11.7 Å². The molecule has 7 heteroatoms. The number of hydrogen-bond acceptors (Lipinski definition) is 5. The van der Waals surface area contributed by atoms with Gasteiger partial charge < -0.3 is 9.84 Å². The molecule has 0 amide bonds. The lowest BCUT2D eigenvalue weighted by atomic mass is 10.2. The largest absolute Gasteiger partial charge is 0.478 e. The number of nitrogens with zero attached hydrogens (tertiary/aromatic N) is 2. The maximum absolute atomic E-state index is 10.6. The third-order valence-electron chi connectivity index (χ3n) is 1.69. The molecule has 0 fully saturated rings. The van der Waals surface area contributed by atoms with Gasteiger partial charge in [0.15, 0.2) is 12.4 Å². The number of rotatable bonds is 4. The minimum atomic E-state index is -1.27. The van der Waals surface area contributed by atoms with E-state index in [1.807, 2.05) is 0 Å². The van der Waals surface area contributed by atoms with Gasteiger partial charge in [0.2, 0.25) is 0 Å². The van der Waals surface area contributed by atoms with Crippen LogP contribution in [0, 0.1) is 21.4 Å². The van der Waals surface area contributed by atoms with Gasteiger partial charge in [0, 0.05) is 6.07 Å². The van der Waals surface area contributed by atoms with E-state index < -0.39 is 16.6 Å². The van der Waals surface area contributed by atoms with Gasteiger partial charge in [-0.25, -0.2) is 4.79 Å². The molecule has 0 aromatic heterocycles. The molecule has 0 saturated carbocycles. The van der Waals surface area contributed by atoms with Crippen LogP contribution < -0.4 is 4.74 Å². The number of carboxylic acid groups (broad SMARTS) is 1. The highest BCUT2D eigenvalue weighted by Crippen LogP contribution is 2.27. The lowest BCUT2D eigenvalue weighted by Gasteiger charge is -2.03. The van der Waals surface area contributed by atoms with Crippen LogP contribution in [0.25, 0.3) is 0 Å². The van der Waals surface area contributed by atoms with Gasteiger partial charge in [-0.3, -0.25) is 10.1 Å². The molecular formula is C9H6N2O5. The van der Waals surface area contributed by atoms with Gasteiger partial charge in [0.25, 0.3) is 0 Å². The Bertz CT molecular complexity index is 477. The Hall–Kier alpha value is -2.62. The summed E-state index contributed by atoms with van der Waals surface area (Å²) in [7, 11) is 0. The van der Waals surface area contributed by atoms with E-state index in [0.717, 1.165) is 12.1 Å². The van der Waals surface area contributed by atoms with Crippen molar-refractivity contribution in [1.29, 1.82) is 5.26 Å². The van der Waals surface area contributed by atoms with Crippen molar-refractivity contribution in [3.63, 3.8) is 0 Å². The number of hydrogen-bond donors (Lipinski definition) is 1. The van der Waals surface area contributed by atoms with Gasteiger partial charge in [-0.2, -0.15) is 5.26 Å². The van der Waals surface area contributed by atoms with Crippen LogP contribution in [0.15, 0.2) is 18.2 Å². The van der Waals surface area contributed by atoms with Crippen LogP contribution in [0.5, 0.6) is 5.75 Å². The zero-order valence-corrected chi connectivity index (χ0v) is 7.91. The molecular weight excluding hydrogens is 216 g/mol. The fraction of sp³-hybridized carbons (Fsp3) is 0.111. The summed E-state index contributed by atoms with van der Waals surface area (Å²) < 4.78 is 4.79. The second-order valence-electron chi connectivity index (χ2n) is 2.69. The van der Waals surface area contributed by atoms with E-state index in [9.17, 15) is 14.9 Å². The second kappa shape index (κ2) is 4.75. The fourth-order valence-corrected chi connectivity index (χ4v) is 1.03. The first-order valence-corrected chi connectivity index (χ1v) is 4.07. The van der Waals surface area contributed by atoms with Crippen molar-refractivity contribution in [2.45, 2.75) is 0 Å². The molecule has 0 bridgehead atoms. The quantitative estimate of drug-likeness (QED) is 0.604. The predicted octanol–water partition coefficient (Wildman–Crippen LogP) is 1.20. The van der Waals surface area contributed by atoms with Crippen molar-refractivity contribution in [2.75, 3.05) is 6.61 Å². The van der Waals surface area contributed by atoms with Crippen molar-refractivity contribution >= 4 is 11.7 Å². The lowest BCUT2D eigenvalue weighted by Crippen LogP contribution is -2.02. The molecule has 0 saturated heterocycles. The van der Waals surface area contributed by atoms with Gasteiger partial charge in [-0.15, -0.1) is 0 Å². The normalized spacial score (nSPS) is 9.19. The Morgan fingerprint density at radius 3 is 2.81 bits per heavy atom. The van der Waals surface area contributed by atoms with Crippen molar-refractivity contribution in [3.8, 4) is 11.8 Å². The molecule has 0 unspecified atom stereocenters. The highest BCUT2D eigenvalue weighted by molar-refractivity contribution is 5.88. The van der Waals surface area contributed by atoms with Crippen molar-refractivity contribution in [1.82, 2.24) is 0 Å². The molecule has 0 spiro atoms. The summed E-state index contributed by atoms with van der Waals surface area (Å²) in [5.74, 6) is -1.40. The molecule has 0 aliphatic heterocycles. The lowest BCUT2D eigenvalue weighted by molar-refractivity contribution is -0.385. The number of nitro benzene ring substituents is 1. The summed E-state index contributed by atoms with van der Waals surface area (Å²) in [5.41, 5.74) is -0.689. The van der Waals surface area contributed by atoms with Crippen LogP contribution in [-0.4, -0.2) is 22.6 Å². The van der Waals surface area contributed by atoms with Gasteiger partial charge in [0.1, 0.15) is 6.07 Å². The van der Waals surface area contributed by atoms with Crippen LogP contribution in [0.4, 0.5) is 5.69 Å². The predicted molar refractivity (Wildman–Crippen MR) is 51.2 cm³/mol. The third kappa shape index (κ3) is 2.45. The summed E-state index contributed by atoms with van der Waals surface area (Å²) in [6.45, 7) is -0.340. The number of carbonyl (C=O) groups is 1. The molecule has 82 valence electrons. The SMILES string of the molecule is N#CCOc1ccc(C(=O)O)cc1[N+](=O)[O-]. The first kappa shape index (κ1) is 11.5. The summed E-state index contributed by atoms with van der Waals surface area (Å²) in [6.07, 6.45) is 0. The van der Waals surface area contributed by atoms with Crippen molar-refractivity contribution < 1.29 is 19.6 Å². The van der Waals surface area contributed by atoms with Crippen LogP contribution in [-0.2, 0) is 0 Å². The Morgan fingerprint density at radius 2 is 2.31 bits per heavy atom. The first-order chi connectivity index (χ1) is 7.56. The zero-order chi connectivity index (χ0) is 12.1. The van der Waals surface area contributed by atoms with Crippen LogP contribution in [0.1, 0.15) is 10.4 Å². The van der Waals surface area contributed by atoms with Crippen LogP contribution in [0.3, 0.4) is 0 Å². The topological polar surface area (TPSA) is 113 Å². The Labute approximate surface area is 89.6 Å². The van der Waals surface area contributed by atoms with E-state index in [0.29, 0.717) is 0 Å². The summed E-state index contributed by atoms with van der Waals surface area (Å²) in [4.78, 5) is 20.4. The molecule has 0 aliphatic rings. The highest BCUT2D eigenvalue weighted by atomic mass is 16.6. The summed E-state index contributed by atoms with van der Waals surface area (Å²) >= 11 is 0. The number of aromatic carboxylic acids is 1. The minimum Gasteiger partial charge on any atom is -0.478 e. The molecule has 1 aromatic carbocycles. The Kier molecular flexibility index (Phi) is 3.40. The molecule has 7 nitrogen and oxygen atoms in total. The third-order valence-corrected chi connectivity index (χ3v) is 1.69. The monoisotopic (exact) mass is 222 g/mol. The van der Waals surface area contributed by atoms with Gasteiger partial charge in [-0.05, 0) is 12.1 Å². The molecule has 0 aliphatic carbocycles. The molecule has 0 radical (unpaired) electrons. The van der Waals surface area contributed by atoms with Gasteiger partial charge in [0.05, 0.1) is 10.5 Å². The van der Waals surface area contributed by atoms with Gasteiger partial charge in [-0.1, -0.05) is 0 Å². The number of benzene rings is 1. The maximum Gasteiger partial charge on any atom is 0.335 e. The molecule has 1 N–H and O–H groups in total. The number of carboxylic acids is 1. The average molecular weight is 222 g/mol. The maximum atomic E-state index is 10.6. The molecule has 0 atom stereocenters. The van der Waals surface area contributed by atoms with E-state index in [1.165, 1.54) is 6.07 Å². The van der Waals surface area contributed by atoms with Crippen molar-refractivity contribution in [2.24, 2.45) is 0 Å². The summed E-state index contributed by atoms with van der Waals surface area (Å²) in [5, 5.41) is 27.5. The van der Waals surface area contributed by atoms with E-state index in [2.05, 4.69) is 0 Å².